The molecule has 1 aromatic carbocycles. The molecule has 1 N–H and O–H groups in total. The van der Waals surface area contributed by atoms with Gasteiger partial charge in [-0.1, -0.05) is 12.1 Å². The van der Waals surface area contributed by atoms with Gasteiger partial charge in [-0.2, -0.15) is 8.78 Å². The fourth-order valence-electron chi connectivity index (χ4n) is 2.78. The normalized spacial score (nSPS) is 14.9. The van der Waals surface area contributed by atoms with Crippen molar-refractivity contribution in [1.29, 1.82) is 0 Å². The molecule has 0 unspecified atom stereocenters. The lowest BCUT2D eigenvalue weighted by Crippen LogP contribution is -2.37. The number of amides is 3. The van der Waals surface area contributed by atoms with Gasteiger partial charge in [0.1, 0.15) is 11.3 Å². The molecular weight excluding hydrogens is 444 g/mol. The second-order valence-electron chi connectivity index (χ2n) is 6.33. The molecule has 2 heterocycles. The van der Waals surface area contributed by atoms with E-state index in [0.717, 1.165) is 16.7 Å². The first-order valence-electron chi connectivity index (χ1n) is 9.55. The lowest BCUT2D eigenvalue weighted by molar-refractivity contribution is -0.122. The minimum atomic E-state index is -2.93. The van der Waals surface area contributed by atoms with Crippen molar-refractivity contribution in [3.05, 3.63) is 58.6 Å². The van der Waals surface area contributed by atoms with Gasteiger partial charge < -0.3 is 14.8 Å². The van der Waals surface area contributed by atoms with E-state index < -0.39 is 23.7 Å². The molecular formula is C21H19F2N3O5S. The Kier molecular flexibility index (Phi) is 7.77. The predicted molar refractivity (Wildman–Crippen MR) is 113 cm³/mol. The summed E-state index contributed by atoms with van der Waals surface area (Å²) >= 11 is 0.760. The molecule has 2 aromatic rings. The average Bonchev–Trinajstić information content (AvgIpc) is 3.02. The Morgan fingerprint density at radius 3 is 2.69 bits per heavy atom. The topological polar surface area (TPSA) is 97.8 Å². The summed E-state index contributed by atoms with van der Waals surface area (Å²) in [5.74, 6) is -0.748. The number of rotatable bonds is 9. The molecule has 3 rings (SSSR count). The Balaban J connectivity index is 1.58. The van der Waals surface area contributed by atoms with Crippen molar-refractivity contribution in [2.45, 2.75) is 13.5 Å². The minimum Gasteiger partial charge on any atom is -0.477 e. The molecule has 32 heavy (non-hydrogen) atoms. The highest BCUT2D eigenvalue weighted by Gasteiger charge is 2.34. The zero-order valence-electron chi connectivity index (χ0n) is 16.9. The average molecular weight is 463 g/mol. The van der Waals surface area contributed by atoms with Gasteiger partial charge in [0.05, 0.1) is 11.5 Å². The smallest absolute Gasteiger partial charge is 0.387 e. The monoisotopic (exact) mass is 463 g/mol. The molecule has 1 aromatic heterocycles. The van der Waals surface area contributed by atoms with Gasteiger partial charge >= 0.3 is 6.61 Å². The Hall–Kier alpha value is -3.47. The standard InChI is InChI=1S/C21H19F2N3O5S/c1-2-30-18-15(4-3-9-25-18)17(27)24-10-11-26-19(28)16(32-21(26)29)12-13-5-7-14(8-6-13)31-20(22)23/h3-9,12,20H,2,10-11H2,1H3,(H,24,27)/b16-12-. The van der Waals surface area contributed by atoms with Crippen LogP contribution in [-0.4, -0.2) is 53.2 Å². The van der Waals surface area contributed by atoms with Gasteiger partial charge in [-0.05, 0) is 54.6 Å². The van der Waals surface area contributed by atoms with E-state index in [1.54, 1.807) is 19.1 Å². The van der Waals surface area contributed by atoms with Crippen LogP contribution in [0, 0.1) is 0 Å². The Morgan fingerprint density at radius 1 is 1.25 bits per heavy atom. The van der Waals surface area contributed by atoms with Crippen LogP contribution >= 0.6 is 11.8 Å². The molecule has 1 aliphatic heterocycles. The summed E-state index contributed by atoms with van der Waals surface area (Å²) < 4.78 is 34.1. The van der Waals surface area contributed by atoms with Crippen molar-refractivity contribution >= 4 is 34.9 Å². The number of hydrogen-bond donors (Lipinski definition) is 1. The molecule has 168 valence electrons. The Bertz CT molecular complexity index is 1030. The summed E-state index contributed by atoms with van der Waals surface area (Å²) in [5, 5.41) is 2.18. The van der Waals surface area contributed by atoms with E-state index in [1.807, 2.05) is 0 Å². The summed E-state index contributed by atoms with van der Waals surface area (Å²) in [6.07, 6.45) is 2.99. The van der Waals surface area contributed by atoms with Gasteiger partial charge in [0, 0.05) is 19.3 Å². The number of benzene rings is 1. The van der Waals surface area contributed by atoms with Crippen molar-refractivity contribution in [1.82, 2.24) is 15.2 Å². The van der Waals surface area contributed by atoms with Crippen LogP contribution in [0.5, 0.6) is 11.6 Å². The van der Waals surface area contributed by atoms with Crippen LogP contribution in [0.25, 0.3) is 6.08 Å². The zero-order chi connectivity index (χ0) is 23.1. The molecule has 8 nitrogen and oxygen atoms in total. The summed E-state index contributed by atoms with van der Waals surface area (Å²) in [4.78, 5) is 42.4. The van der Waals surface area contributed by atoms with Crippen molar-refractivity contribution < 1.29 is 32.6 Å². The molecule has 0 bridgehead atoms. The highest BCUT2D eigenvalue weighted by atomic mass is 32.2. The lowest BCUT2D eigenvalue weighted by Gasteiger charge is -2.13. The molecule has 0 aliphatic carbocycles. The van der Waals surface area contributed by atoms with E-state index in [4.69, 9.17) is 4.74 Å². The van der Waals surface area contributed by atoms with Crippen LogP contribution in [0.1, 0.15) is 22.8 Å². The number of nitrogens with one attached hydrogen (secondary N) is 1. The molecule has 1 saturated heterocycles. The van der Waals surface area contributed by atoms with Crippen LogP contribution in [0.2, 0.25) is 0 Å². The Labute approximate surface area is 186 Å². The molecule has 1 aliphatic rings. The third kappa shape index (κ3) is 5.82. The number of carbonyl (C=O) groups is 3. The number of halogens is 2. The van der Waals surface area contributed by atoms with Crippen molar-refractivity contribution in [3.8, 4) is 11.6 Å². The Morgan fingerprint density at radius 2 is 2.00 bits per heavy atom. The predicted octanol–water partition coefficient (Wildman–Crippen LogP) is 3.55. The number of nitrogens with zero attached hydrogens (tertiary/aromatic N) is 2. The first kappa shape index (κ1) is 23.2. The summed E-state index contributed by atoms with van der Waals surface area (Å²) in [5.41, 5.74) is 0.799. The molecule has 3 amide bonds. The summed E-state index contributed by atoms with van der Waals surface area (Å²) in [6, 6.07) is 8.84. The fourth-order valence-corrected chi connectivity index (χ4v) is 3.65. The first-order valence-corrected chi connectivity index (χ1v) is 10.4. The van der Waals surface area contributed by atoms with E-state index in [1.165, 1.54) is 36.5 Å². The van der Waals surface area contributed by atoms with Crippen LogP contribution in [0.3, 0.4) is 0 Å². The van der Waals surface area contributed by atoms with E-state index >= 15 is 0 Å². The quantitative estimate of drug-likeness (QED) is 0.568. The van der Waals surface area contributed by atoms with Crippen LogP contribution in [0.4, 0.5) is 13.6 Å². The van der Waals surface area contributed by atoms with Gasteiger partial charge in [0.15, 0.2) is 0 Å². The van der Waals surface area contributed by atoms with Crippen molar-refractivity contribution in [2.75, 3.05) is 19.7 Å². The molecule has 11 heteroatoms. The molecule has 1 fully saturated rings. The lowest BCUT2D eigenvalue weighted by atomic mass is 10.2. The second kappa shape index (κ2) is 10.7. The number of alkyl halides is 2. The van der Waals surface area contributed by atoms with E-state index in [9.17, 15) is 23.2 Å². The summed E-state index contributed by atoms with van der Waals surface area (Å²) in [7, 11) is 0. The van der Waals surface area contributed by atoms with Crippen molar-refractivity contribution in [3.63, 3.8) is 0 Å². The van der Waals surface area contributed by atoms with Crippen molar-refractivity contribution in [2.24, 2.45) is 0 Å². The third-order valence-corrected chi connectivity index (χ3v) is 5.10. The second-order valence-corrected chi connectivity index (χ2v) is 7.32. The molecule has 0 spiro atoms. The third-order valence-electron chi connectivity index (χ3n) is 4.19. The maximum atomic E-state index is 12.6. The number of thioether (sulfide) groups is 1. The highest BCUT2D eigenvalue weighted by molar-refractivity contribution is 8.18. The van der Waals surface area contributed by atoms with Crippen LogP contribution < -0.4 is 14.8 Å². The van der Waals surface area contributed by atoms with E-state index in [2.05, 4.69) is 15.0 Å². The molecule has 0 radical (unpaired) electrons. The minimum absolute atomic E-state index is 0.0119. The fraction of sp³-hybridized carbons (Fsp3) is 0.238. The van der Waals surface area contributed by atoms with Gasteiger partial charge in [-0.3, -0.25) is 19.3 Å². The van der Waals surface area contributed by atoms with Gasteiger partial charge in [0.2, 0.25) is 5.88 Å². The SMILES string of the molecule is CCOc1ncccc1C(=O)NCCN1C(=O)S/C(=C\c2ccc(OC(F)F)cc2)C1=O. The number of carbonyl (C=O) groups excluding carboxylic acids is 3. The number of imide groups is 1. The van der Waals surface area contributed by atoms with Crippen LogP contribution in [-0.2, 0) is 4.79 Å². The maximum Gasteiger partial charge on any atom is 0.387 e. The number of hydrogen-bond acceptors (Lipinski definition) is 7. The number of aromatic nitrogens is 1. The van der Waals surface area contributed by atoms with Crippen LogP contribution in [0.15, 0.2) is 47.5 Å². The van der Waals surface area contributed by atoms with Gasteiger partial charge in [-0.15, -0.1) is 0 Å². The first-order chi connectivity index (χ1) is 15.4. The highest BCUT2D eigenvalue weighted by Crippen LogP contribution is 2.32. The largest absolute Gasteiger partial charge is 0.477 e. The zero-order valence-corrected chi connectivity index (χ0v) is 17.7. The molecule has 0 atom stereocenters. The number of ether oxygens (including phenoxy) is 2. The van der Waals surface area contributed by atoms with E-state index in [0.29, 0.717) is 12.2 Å². The maximum absolute atomic E-state index is 12.6. The number of pyridine rings is 1. The molecule has 0 saturated carbocycles. The summed E-state index contributed by atoms with van der Waals surface area (Å²) in [6.45, 7) is -0.775. The van der Waals surface area contributed by atoms with E-state index in [-0.39, 0.29) is 35.2 Å². The van der Waals surface area contributed by atoms with Gasteiger partial charge in [-0.25, -0.2) is 4.98 Å². The van der Waals surface area contributed by atoms with Gasteiger partial charge in [0.25, 0.3) is 17.1 Å².